The molecule has 1 aliphatic heterocycles. The largest absolute Gasteiger partial charge is 0.379 e. The maximum absolute atomic E-state index is 11.9. The number of rotatable bonds is 4. The lowest BCUT2D eigenvalue weighted by molar-refractivity contribution is -0.124. The van der Waals surface area contributed by atoms with Gasteiger partial charge in [-0.3, -0.25) is 4.79 Å². The summed E-state index contributed by atoms with van der Waals surface area (Å²) in [7, 11) is 0. The van der Waals surface area contributed by atoms with Crippen molar-refractivity contribution in [3.05, 3.63) is 35.9 Å². The highest BCUT2D eigenvalue weighted by molar-refractivity contribution is 5.81. The van der Waals surface area contributed by atoms with Gasteiger partial charge in [0.2, 0.25) is 5.91 Å². The molecule has 0 bridgehead atoms. The van der Waals surface area contributed by atoms with Crippen LogP contribution in [0.3, 0.4) is 0 Å². The molecule has 1 heterocycles. The van der Waals surface area contributed by atoms with E-state index in [0.29, 0.717) is 19.6 Å². The van der Waals surface area contributed by atoms with E-state index in [2.05, 4.69) is 11.4 Å². The van der Waals surface area contributed by atoms with E-state index in [0.717, 1.165) is 12.0 Å². The highest BCUT2D eigenvalue weighted by atomic mass is 16.5. The topological polar surface area (TPSA) is 62.1 Å². The molecular weight excluding hydrogens is 228 g/mol. The molecule has 1 aromatic rings. The Morgan fingerprint density at radius 3 is 2.89 bits per heavy atom. The van der Waals surface area contributed by atoms with Gasteiger partial charge in [0.25, 0.3) is 0 Å². The molecule has 1 saturated heterocycles. The molecule has 0 aromatic heterocycles. The van der Waals surface area contributed by atoms with Gasteiger partial charge in [-0.15, -0.1) is 0 Å². The van der Waals surface area contributed by atoms with Crippen molar-refractivity contribution in [3.8, 4) is 6.07 Å². The van der Waals surface area contributed by atoms with Crippen LogP contribution in [0.2, 0.25) is 0 Å². The average Bonchev–Trinajstić information content (AvgIpc) is 2.90. The predicted molar refractivity (Wildman–Crippen MR) is 66.6 cm³/mol. The van der Waals surface area contributed by atoms with Crippen LogP contribution in [0.25, 0.3) is 0 Å². The second-order valence-corrected chi connectivity index (χ2v) is 4.44. The highest BCUT2D eigenvalue weighted by Crippen LogP contribution is 2.10. The number of benzene rings is 1. The first-order valence-electron chi connectivity index (χ1n) is 6.11. The van der Waals surface area contributed by atoms with Crippen LogP contribution in [0.4, 0.5) is 0 Å². The van der Waals surface area contributed by atoms with E-state index in [1.165, 1.54) is 0 Å². The lowest BCUT2D eigenvalue weighted by Crippen LogP contribution is -2.39. The van der Waals surface area contributed by atoms with Crippen molar-refractivity contribution < 1.29 is 9.53 Å². The fourth-order valence-electron chi connectivity index (χ4n) is 2.00. The summed E-state index contributed by atoms with van der Waals surface area (Å²) in [5, 5.41) is 12.0. The Hall–Kier alpha value is -1.86. The molecule has 4 nitrogen and oxygen atoms in total. The van der Waals surface area contributed by atoms with Crippen LogP contribution in [-0.2, 0) is 16.0 Å². The smallest absolute Gasteiger partial charge is 0.237 e. The fourth-order valence-corrected chi connectivity index (χ4v) is 2.00. The van der Waals surface area contributed by atoms with E-state index >= 15 is 0 Å². The molecule has 94 valence electrons. The van der Waals surface area contributed by atoms with Crippen LogP contribution >= 0.6 is 0 Å². The number of nitriles is 1. The van der Waals surface area contributed by atoms with Gasteiger partial charge in [0.1, 0.15) is 5.92 Å². The van der Waals surface area contributed by atoms with Gasteiger partial charge in [0, 0.05) is 6.61 Å². The third kappa shape index (κ3) is 3.31. The van der Waals surface area contributed by atoms with E-state index in [1.807, 2.05) is 30.3 Å². The SMILES string of the molecule is N#CC(Cc1ccccc1)C(=O)NC1CCOC1. The molecule has 1 aromatic carbocycles. The molecule has 0 spiro atoms. The normalized spacial score (nSPS) is 20.1. The van der Waals surface area contributed by atoms with E-state index < -0.39 is 5.92 Å². The number of hydrogen-bond donors (Lipinski definition) is 1. The van der Waals surface area contributed by atoms with Crippen LogP contribution in [-0.4, -0.2) is 25.2 Å². The van der Waals surface area contributed by atoms with Crippen LogP contribution in [0, 0.1) is 17.2 Å². The van der Waals surface area contributed by atoms with Crippen LogP contribution in [0.5, 0.6) is 0 Å². The zero-order chi connectivity index (χ0) is 12.8. The quantitative estimate of drug-likeness (QED) is 0.867. The van der Waals surface area contributed by atoms with Gasteiger partial charge in [-0.2, -0.15) is 5.26 Å². The summed E-state index contributed by atoms with van der Waals surface area (Å²) in [6, 6.07) is 11.7. The number of nitrogens with zero attached hydrogens (tertiary/aromatic N) is 1. The predicted octanol–water partition coefficient (Wildman–Crippen LogP) is 1.27. The minimum atomic E-state index is -0.631. The van der Waals surface area contributed by atoms with Crippen molar-refractivity contribution in [1.29, 1.82) is 5.26 Å². The molecule has 2 rings (SSSR count). The van der Waals surface area contributed by atoms with Gasteiger partial charge < -0.3 is 10.1 Å². The Kier molecular flexibility index (Phi) is 4.32. The number of carbonyl (C=O) groups is 1. The number of nitrogens with one attached hydrogen (secondary N) is 1. The lowest BCUT2D eigenvalue weighted by atomic mass is 9.99. The Morgan fingerprint density at radius 2 is 2.28 bits per heavy atom. The Balaban J connectivity index is 1.92. The monoisotopic (exact) mass is 244 g/mol. The summed E-state index contributed by atoms with van der Waals surface area (Å²) in [6.07, 6.45) is 1.28. The number of amides is 1. The summed E-state index contributed by atoms with van der Waals surface area (Å²) in [6.45, 7) is 1.23. The van der Waals surface area contributed by atoms with Crippen LogP contribution in [0.1, 0.15) is 12.0 Å². The maximum atomic E-state index is 11.9. The lowest BCUT2D eigenvalue weighted by Gasteiger charge is -2.14. The van der Waals surface area contributed by atoms with Crippen molar-refractivity contribution in [1.82, 2.24) is 5.32 Å². The third-order valence-corrected chi connectivity index (χ3v) is 3.03. The van der Waals surface area contributed by atoms with E-state index in [1.54, 1.807) is 0 Å². The second-order valence-electron chi connectivity index (χ2n) is 4.44. The van der Waals surface area contributed by atoms with Crippen molar-refractivity contribution in [3.63, 3.8) is 0 Å². The molecule has 1 N–H and O–H groups in total. The van der Waals surface area contributed by atoms with E-state index in [4.69, 9.17) is 10.00 Å². The second kappa shape index (κ2) is 6.18. The Labute approximate surface area is 107 Å². The highest BCUT2D eigenvalue weighted by Gasteiger charge is 2.23. The molecule has 2 unspecified atom stereocenters. The zero-order valence-corrected chi connectivity index (χ0v) is 10.1. The molecule has 18 heavy (non-hydrogen) atoms. The first-order valence-corrected chi connectivity index (χ1v) is 6.11. The van der Waals surface area contributed by atoms with Gasteiger partial charge in [-0.05, 0) is 18.4 Å². The van der Waals surface area contributed by atoms with E-state index in [9.17, 15) is 4.79 Å². The molecule has 4 heteroatoms. The molecule has 1 fully saturated rings. The maximum Gasteiger partial charge on any atom is 0.237 e. The van der Waals surface area contributed by atoms with Gasteiger partial charge >= 0.3 is 0 Å². The summed E-state index contributed by atoms with van der Waals surface area (Å²) in [4.78, 5) is 11.9. The third-order valence-electron chi connectivity index (χ3n) is 3.03. The minimum Gasteiger partial charge on any atom is -0.379 e. The molecule has 1 amide bonds. The van der Waals surface area contributed by atoms with Crippen molar-refractivity contribution in [2.75, 3.05) is 13.2 Å². The van der Waals surface area contributed by atoms with Gasteiger partial charge in [-0.1, -0.05) is 30.3 Å². The van der Waals surface area contributed by atoms with Crippen molar-refractivity contribution in [2.45, 2.75) is 18.9 Å². The van der Waals surface area contributed by atoms with Gasteiger partial charge in [-0.25, -0.2) is 0 Å². The number of ether oxygens (including phenoxy) is 1. The number of carbonyl (C=O) groups excluding carboxylic acids is 1. The Bertz CT molecular complexity index is 433. The Morgan fingerprint density at radius 1 is 1.50 bits per heavy atom. The van der Waals surface area contributed by atoms with Crippen molar-refractivity contribution >= 4 is 5.91 Å². The molecule has 0 saturated carbocycles. The molecule has 0 aliphatic carbocycles. The zero-order valence-electron chi connectivity index (χ0n) is 10.1. The fraction of sp³-hybridized carbons (Fsp3) is 0.429. The minimum absolute atomic E-state index is 0.0594. The summed E-state index contributed by atoms with van der Waals surface area (Å²) < 4.78 is 5.19. The molecule has 1 aliphatic rings. The standard InChI is InChI=1S/C14H16N2O2/c15-9-12(8-11-4-2-1-3-5-11)14(17)16-13-6-7-18-10-13/h1-5,12-13H,6-8,10H2,(H,16,17). The molecule has 2 atom stereocenters. The first-order chi connectivity index (χ1) is 8.79. The molecular formula is C14H16N2O2. The van der Waals surface area contributed by atoms with Crippen LogP contribution < -0.4 is 5.32 Å². The summed E-state index contributed by atoms with van der Waals surface area (Å²) in [5.41, 5.74) is 1.00. The molecule has 0 radical (unpaired) electrons. The van der Waals surface area contributed by atoms with Crippen LogP contribution in [0.15, 0.2) is 30.3 Å². The summed E-state index contributed by atoms with van der Waals surface area (Å²) >= 11 is 0. The average molecular weight is 244 g/mol. The van der Waals surface area contributed by atoms with Gasteiger partial charge in [0.15, 0.2) is 0 Å². The van der Waals surface area contributed by atoms with Gasteiger partial charge in [0.05, 0.1) is 18.7 Å². The summed E-state index contributed by atoms with van der Waals surface area (Å²) in [5.74, 6) is -0.829. The van der Waals surface area contributed by atoms with E-state index in [-0.39, 0.29) is 11.9 Å². The number of hydrogen-bond acceptors (Lipinski definition) is 3. The first kappa shape index (κ1) is 12.6. The van der Waals surface area contributed by atoms with Crippen molar-refractivity contribution in [2.24, 2.45) is 5.92 Å².